The zero-order chi connectivity index (χ0) is 15.2. The quantitative estimate of drug-likeness (QED) is 0.758. The Morgan fingerprint density at radius 1 is 1.38 bits per heavy atom. The highest BCUT2D eigenvalue weighted by Gasteiger charge is 2.11. The largest absolute Gasteiger partial charge is 0.493 e. The fourth-order valence-corrected chi connectivity index (χ4v) is 2.66. The van der Waals surface area contributed by atoms with Crippen LogP contribution >= 0.6 is 27.5 Å². The molecule has 0 radical (unpaired) electrons. The average molecular weight is 372 g/mol. The minimum atomic E-state index is 0.453. The lowest BCUT2D eigenvalue weighted by molar-refractivity contribution is 0.308. The summed E-state index contributed by atoms with van der Waals surface area (Å²) in [5.74, 6) is 1.41. The molecule has 0 spiro atoms. The third-order valence-corrected chi connectivity index (χ3v) is 3.71. The van der Waals surface area contributed by atoms with E-state index in [1.807, 2.05) is 31.2 Å². The Hall–Kier alpha value is -1.46. The van der Waals surface area contributed by atoms with Gasteiger partial charge in [-0.15, -0.1) is 0 Å². The van der Waals surface area contributed by atoms with Crippen molar-refractivity contribution >= 4 is 33.2 Å². The van der Waals surface area contributed by atoms with Gasteiger partial charge in [0.1, 0.15) is 0 Å². The number of hydrogen-bond acceptors (Lipinski definition) is 4. The van der Waals surface area contributed by atoms with Crippen LogP contribution in [-0.4, -0.2) is 18.7 Å². The van der Waals surface area contributed by atoms with Gasteiger partial charge in [-0.3, -0.25) is 0 Å². The number of methoxy groups -OCH3 is 1. The van der Waals surface area contributed by atoms with Gasteiger partial charge in [-0.2, -0.15) is 0 Å². The number of aromatic nitrogens is 1. The number of anilines is 1. The lowest BCUT2D eigenvalue weighted by atomic mass is 10.2. The van der Waals surface area contributed by atoms with Crippen LogP contribution in [0.4, 0.5) is 5.69 Å². The first-order valence-electron chi connectivity index (χ1n) is 6.49. The number of pyridine rings is 1. The summed E-state index contributed by atoms with van der Waals surface area (Å²) in [7, 11) is 1.62. The molecule has 0 aliphatic rings. The van der Waals surface area contributed by atoms with Gasteiger partial charge in [0.25, 0.3) is 0 Å². The van der Waals surface area contributed by atoms with E-state index < -0.39 is 0 Å². The number of rotatable bonds is 6. The molecule has 0 saturated carbocycles. The summed E-state index contributed by atoms with van der Waals surface area (Å²) in [6, 6.07) is 7.65. The van der Waals surface area contributed by atoms with Crippen LogP contribution in [0.3, 0.4) is 0 Å². The Morgan fingerprint density at radius 3 is 2.86 bits per heavy atom. The molecule has 0 aliphatic heterocycles. The molecule has 112 valence electrons. The van der Waals surface area contributed by atoms with E-state index in [0.717, 1.165) is 15.7 Å². The highest BCUT2D eigenvalue weighted by molar-refractivity contribution is 9.10. The summed E-state index contributed by atoms with van der Waals surface area (Å²) in [6.07, 6.45) is 1.66. The number of nitrogens with zero attached hydrogens (tertiary/aromatic N) is 1. The van der Waals surface area contributed by atoms with E-state index >= 15 is 0 Å². The molecule has 2 aromatic rings. The zero-order valence-corrected chi connectivity index (χ0v) is 14.2. The van der Waals surface area contributed by atoms with Gasteiger partial charge in [0.15, 0.2) is 16.7 Å². The first kappa shape index (κ1) is 15.9. The van der Waals surface area contributed by atoms with E-state index in [2.05, 4.69) is 26.2 Å². The molecule has 0 aliphatic carbocycles. The Balaban J connectivity index is 2.17. The Bertz CT molecular complexity index is 623. The summed E-state index contributed by atoms with van der Waals surface area (Å²) in [6.45, 7) is 3.12. The van der Waals surface area contributed by atoms with Crippen molar-refractivity contribution in [1.29, 1.82) is 0 Å². The SMILES string of the molecule is CCOc1c(Br)cc(CNc2cccnc2Cl)cc1OC. The Morgan fingerprint density at radius 2 is 2.19 bits per heavy atom. The van der Waals surface area contributed by atoms with Crippen molar-refractivity contribution in [1.82, 2.24) is 4.98 Å². The van der Waals surface area contributed by atoms with Gasteiger partial charge in [0.05, 0.1) is 23.9 Å². The van der Waals surface area contributed by atoms with Crippen LogP contribution in [0.5, 0.6) is 11.5 Å². The molecule has 0 atom stereocenters. The van der Waals surface area contributed by atoms with Crippen LogP contribution in [0.1, 0.15) is 12.5 Å². The molecule has 4 nitrogen and oxygen atoms in total. The van der Waals surface area contributed by atoms with Crippen LogP contribution in [0, 0.1) is 0 Å². The molecule has 1 N–H and O–H groups in total. The lowest BCUT2D eigenvalue weighted by Gasteiger charge is -2.14. The zero-order valence-electron chi connectivity index (χ0n) is 11.8. The molecule has 0 fully saturated rings. The molecule has 0 bridgehead atoms. The maximum atomic E-state index is 6.02. The second-order valence-electron chi connectivity index (χ2n) is 4.24. The van der Waals surface area contributed by atoms with Gasteiger partial charge in [0.2, 0.25) is 0 Å². The summed E-state index contributed by atoms with van der Waals surface area (Å²) in [4.78, 5) is 4.03. The van der Waals surface area contributed by atoms with E-state index in [1.165, 1.54) is 0 Å². The van der Waals surface area contributed by atoms with Crippen LogP contribution in [0.2, 0.25) is 5.15 Å². The van der Waals surface area contributed by atoms with E-state index in [-0.39, 0.29) is 0 Å². The van der Waals surface area contributed by atoms with Crippen molar-refractivity contribution in [2.24, 2.45) is 0 Å². The third kappa shape index (κ3) is 4.02. The number of hydrogen-bond donors (Lipinski definition) is 1. The maximum Gasteiger partial charge on any atom is 0.175 e. The standard InChI is InChI=1S/C15H16BrClN2O2/c1-3-21-14-11(16)7-10(8-13(14)20-2)9-19-12-5-4-6-18-15(12)17/h4-8,19H,3,9H2,1-2H3. The smallest absolute Gasteiger partial charge is 0.175 e. The van der Waals surface area contributed by atoms with Gasteiger partial charge in [0, 0.05) is 12.7 Å². The van der Waals surface area contributed by atoms with Crippen molar-refractivity contribution in [3.05, 3.63) is 45.7 Å². The van der Waals surface area contributed by atoms with Gasteiger partial charge >= 0.3 is 0 Å². The second-order valence-corrected chi connectivity index (χ2v) is 5.45. The number of nitrogens with one attached hydrogen (secondary N) is 1. The topological polar surface area (TPSA) is 43.4 Å². The highest BCUT2D eigenvalue weighted by atomic mass is 79.9. The predicted molar refractivity (Wildman–Crippen MR) is 88.4 cm³/mol. The molecule has 1 aromatic heterocycles. The van der Waals surface area contributed by atoms with Crippen molar-refractivity contribution in [3.8, 4) is 11.5 Å². The molecule has 0 saturated heterocycles. The molecule has 1 aromatic carbocycles. The Labute approximate surface area is 137 Å². The fraction of sp³-hybridized carbons (Fsp3) is 0.267. The van der Waals surface area contributed by atoms with Gasteiger partial charge in [-0.05, 0) is 52.7 Å². The number of benzene rings is 1. The normalized spacial score (nSPS) is 10.3. The molecule has 1 heterocycles. The summed E-state index contributed by atoms with van der Waals surface area (Å²) >= 11 is 9.53. The van der Waals surface area contributed by atoms with Crippen LogP contribution < -0.4 is 14.8 Å². The van der Waals surface area contributed by atoms with E-state index in [0.29, 0.717) is 29.8 Å². The minimum absolute atomic E-state index is 0.453. The van der Waals surface area contributed by atoms with E-state index in [4.69, 9.17) is 21.1 Å². The molecule has 0 amide bonds. The van der Waals surface area contributed by atoms with Crippen LogP contribution in [0.15, 0.2) is 34.9 Å². The first-order chi connectivity index (χ1) is 10.2. The summed E-state index contributed by atoms with van der Waals surface area (Å²) in [5.41, 5.74) is 1.84. The van der Waals surface area contributed by atoms with E-state index in [9.17, 15) is 0 Å². The molecular formula is C15H16BrClN2O2. The second kappa shape index (κ2) is 7.52. The third-order valence-electron chi connectivity index (χ3n) is 2.82. The van der Waals surface area contributed by atoms with Crippen LogP contribution in [0.25, 0.3) is 0 Å². The van der Waals surface area contributed by atoms with Crippen molar-refractivity contribution in [3.63, 3.8) is 0 Å². The van der Waals surface area contributed by atoms with Gasteiger partial charge in [-0.25, -0.2) is 4.98 Å². The lowest BCUT2D eigenvalue weighted by Crippen LogP contribution is -2.03. The van der Waals surface area contributed by atoms with Crippen molar-refractivity contribution in [2.45, 2.75) is 13.5 Å². The minimum Gasteiger partial charge on any atom is -0.493 e. The monoisotopic (exact) mass is 370 g/mol. The summed E-state index contributed by atoms with van der Waals surface area (Å²) < 4.78 is 11.8. The Kier molecular flexibility index (Phi) is 5.70. The van der Waals surface area contributed by atoms with E-state index in [1.54, 1.807) is 13.3 Å². The maximum absolute atomic E-state index is 6.02. The first-order valence-corrected chi connectivity index (χ1v) is 7.66. The number of halogens is 2. The average Bonchev–Trinajstić information content (AvgIpc) is 2.48. The predicted octanol–water partition coefficient (Wildman–Crippen LogP) is 4.52. The summed E-state index contributed by atoms with van der Waals surface area (Å²) in [5, 5.41) is 3.70. The molecular weight excluding hydrogens is 356 g/mol. The van der Waals surface area contributed by atoms with Crippen molar-refractivity contribution < 1.29 is 9.47 Å². The van der Waals surface area contributed by atoms with Gasteiger partial charge < -0.3 is 14.8 Å². The molecule has 2 rings (SSSR count). The van der Waals surface area contributed by atoms with Crippen LogP contribution in [-0.2, 0) is 6.54 Å². The highest BCUT2D eigenvalue weighted by Crippen LogP contribution is 2.36. The molecule has 0 unspecified atom stereocenters. The molecule has 21 heavy (non-hydrogen) atoms. The molecule has 6 heteroatoms. The number of ether oxygens (including phenoxy) is 2. The van der Waals surface area contributed by atoms with Crippen molar-refractivity contribution in [2.75, 3.05) is 19.0 Å². The fourth-order valence-electron chi connectivity index (χ4n) is 1.87. The van der Waals surface area contributed by atoms with Gasteiger partial charge in [-0.1, -0.05) is 11.6 Å².